The van der Waals surface area contributed by atoms with Crippen LogP contribution in [0.1, 0.15) is 26.7 Å². The van der Waals surface area contributed by atoms with Crippen LogP contribution < -0.4 is 0 Å². The molecule has 2 aliphatic carbocycles. The second-order valence-electron chi connectivity index (χ2n) is 3.74. The van der Waals surface area contributed by atoms with Gasteiger partial charge in [0.15, 0.2) is 0 Å². The lowest BCUT2D eigenvalue weighted by molar-refractivity contribution is -0.265. The molecule has 0 aromatic heterocycles. The highest BCUT2D eigenvalue weighted by Gasteiger charge is 2.01. The standard InChI is InChI=1S/C6H10O3.2C5H6/c1-4-8-9-6(7)5(2)3;2*1-2-4-5-3-1/h2,4H2,1,3H3;2*1-4H,5H2. The van der Waals surface area contributed by atoms with Gasteiger partial charge in [0.25, 0.3) is 0 Å². The first-order valence-corrected chi connectivity index (χ1v) is 6.31. The van der Waals surface area contributed by atoms with E-state index in [2.05, 4.69) is 65.0 Å². The normalized spacial score (nSPS) is 13.4. The average molecular weight is 262 g/mol. The fourth-order valence-electron chi connectivity index (χ4n) is 0.969. The molecule has 0 heterocycles. The molecule has 0 saturated carbocycles. The van der Waals surface area contributed by atoms with Gasteiger partial charge in [0.05, 0.1) is 6.61 Å². The van der Waals surface area contributed by atoms with E-state index in [-0.39, 0.29) is 0 Å². The second kappa shape index (κ2) is 12.6. The van der Waals surface area contributed by atoms with Crippen LogP contribution in [0, 0.1) is 0 Å². The third kappa shape index (κ3) is 12.4. The zero-order valence-electron chi connectivity index (χ0n) is 11.7. The minimum atomic E-state index is -0.517. The smallest absolute Gasteiger partial charge is 0.293 e. The Balaban J connectivity index is 0.000000273. The summed E-state index contributed by atoms with van der Waals surface area (Å²) in [6.07, 6.45) is 19.0. The van der Waals surface area contributed by atoms with E-state index in [4.69, 9.17) is 0 Å². The van der Waals surface area contributed by atoms with Crippen molar-refractivity contribution in [2.75, 3.05) is 6.61 Å². The van der Waals surface area contributed by atoms with E-state index in [1.54, 1.807) is 13.8 Å². The fraction of sp³-hybridized carbons (Fsp3) is 0.312. The van der Waals surface area contributed by atoms with Gasteiger partial charge in [-0.1, -0.05) is 55.2 Å². The van der Waals surface area contributed by atoms with E-state index >= 15 is 0 Å². The molecule has 19 heavy (non-hydrogen) atoms. The maximum Gasteiger partial charge on any atom is 0.368 e. The molecule has 3 heteroatoms. The number of hydrogen-bond donors (Lipinski definition) is 0. The van der Waals surface area contributed by atoms with Crippen LogP contribution in [0.15, 0.2) is 60.8 Å². The highest BCUT2D eigenvalue weighted by molar-refractivity contribution is 5.86. The molecule has 0 atom stereocenters. The number of carbonyl (C=O) groups excluding carboxylic acids is 1. The van der Waals surface area contributed by atoms with Crippen molar-refractivity contribution in [3.8, 4) is 0 Å². The number of allylic oxidation sites excluding steroid dienone is 8. The minimum absolute atomic E-state index is 0.337. The summed E-state index contributed by atoms with van der Waals surface area (Å²) in [6.45, 7) is 7.00. The van der Waals surface area contributed by atoms with Crippen LogP contribution in [0.4, 0.5) is 0 Å². The molecule has 0 unspecified atom stereocenters. The molecule has 0 spiro atoms. The monoisotopic (exact) mass is 262 g/mol. The molecular formula is C16H22O3. The van der Waals surface area contributed by atoms with Gasteiger partial charge in [-0.2, -0.15) is 4.89 Å². The Kier molecular flexibility index (Phi) is 11.3. The van der Waals surface area contributed by atoms with Crippen molar-refractivity contribution in [1.29, 1.82) is 0 Å². The molecule has 0 N–H and O–H groups in total. The van der Waals surface area contributed by atoms with Crippen molar-refractivity contribution >= 4 is 5.97 Å². The highest BCUT2D eigenvalue weighted by atomic mass is 17.2. The Bertz CT molecular complexity index is 331. The molecule has 0 aliphatic heterocycles. The Morgan fingerprint density at radius 1 is 1.05 bits per heavy atom. The highest BCUT2D eigenvalue weighted by Crippen LogP contribution is 1.94. The molecule has 3 nitrogen and oxygen atoms in total. The van der Waals surface area contributed by atoms with Crippen molar-refractivity contribution < 1.29 is 14.6 Å². The van der Waals surface area contributed by atoms with Gasteiger partial charge in [-0.05, 0) is 26.7 Å². The predicted molar refractivity (Wildman–Crippen MR) is 78.3 cm³/mol. The van der Waals surface area contributed by atoms with Crippen LogP contribution in [-0.2, 0) is 14.6 Å². The molecular weight excluding hydrogens is 240 g/mol. The van der Waals surface area contributed by atoms with E-state index in [1.165, 1.54) is 0 Å². The van der Waals surface area contributed by atoms with Crippen molar-refractivity contribution in [3.05, 3.63) is 60.8 Å². The van der Waals surface area contributed by atoms with Crippen molar-refractivity contribution in [2.24, 2.45) is 0 Å². The van der Waals surface area contributed by atoms with Gasteiger partial charge in [0.2, 0.25) is 0 Å². The van der Waals surface area contributed by atoms with Crippen LogP contribution in [0.3, 0.4) is 0 Å². The Morgan fingerprint density at radius 3 is 1.68 bits per heavy atom. The van der Waals surface area contributed by atoms with Crippen LogP contribution in [-0.4, -0.2) is 12.6 Å². The van der Waals surface area contributed by atoms with Gasteiger partial charge in [-0.3, -0.25) is 4.89 Å². The summed E-state index contributed by atoms with van der Waals surface area (Å²) in [6, 6.07) is 0. The van der Waals surface area contributed by atoms with E-state index in [0.29, 0.717) is 12.2 Å². The van der Waals surface area contributed by atoms with Crippen molar-refractivity contribution in [1.82, 2.24) is 0 Å². The molecule has 0 bridgehead atoms. The zero-order valence-corrected chi connectivity index (χ0v) is 11.7. The zero-order chi connectivity index (χ0) is 14.3. The van der Waals surface area contributed by atoms with E-state index in [1.807, 2.05) is 0 Å². The van der Waals surface area contributed by atoms with Gasteiger partial charge in [0, 0.05) is 5.57 Å². The molecule has 0 radical (unpaired) electrons. The van der Waals surface area contributed by atoms with E-state index < -0.39 is 5.97 Å². The minimum Gasteiger partial charge on any atom is -0.293 e. The maximum absolute atomic E-state index is 10.5. The molecule has 2 aliphatic rings. The van der Waals surface area contributed by atoms with E-state index in [0.717, 1.165) is 12.8 Å². The number of rotatable bonds is 3. The molecule has 0 amide bonds. The van der Waals surface area contributed by atoms with Crippen LogP contribution in [0.2, 0.25) is 0 Å². The van der Waals surface area contributed by atoms with Crippen molar-refractivity contribution in [2.45, 2.75) is 26.7 Å². The Morgan fingerprint density at radius 2 is 1.47 bits per heavy atom. The lowest BCUT2D eigenvalue weighted by atomic mass is 10.4. The molecule has 0 fully saturated rings. The number of hydrogen-bond acceptors (Lipinski definition) is 3. The third-order valence-corrected chi connectivity index (χ3v) is 1.91. The first-order valence-electron chi connectivity index (χ1n) is 6.31. The summed E-state index contributed by atoms with van der Waals surface area (Å²) in [5.74, 6) is -0.517. The lowest BCUT2D eigenvalue weighted by Gasteiger charge is -1.97. The predicted octanol–water partition coefficient (Wildman–Crippen LogP) is 4.06. The van der Waals surface area contributed by atoms with Crippen molar-refractivity contribution in [3.63, 3.8) is 0 Å². The van der Waals surface area contributed by atoms with Crippen LogP contribution >= 0.6 is 0 Å². The molecule has 2 rings (SSSR count). The summed E-state index contributed by atoms with van der Waals surface area (Å²) in [5, 5.41) is 0. The largest absolute Gasteiger partial charge is 0.368 e. The van der Waals surface area contributed by atoms with E-state index in [9.17, 15) is 4.79 Å². The SMILES string of the molecule is C1=CCC=C1.C1=CCC=C1.C=C(C)C(=O)OOCC. The maximum atomic E-state index is 10.5. The topological polar surface area (TPSA) is 35.5 Å². The first-order chi connectivity index (χ1) is 9.18. The quantitative estimate of drug-likeness (QED) is 0.437. The average Bonchev–Trinajstić information content (AvgIpc) is 3.11. The van der Waals surface area contributed by atoms with Gasteiger partial charge in [-0.25, -0.2) is 4.79 Å². The fourth-order valence-corrected chi connectivity index (χ4v) is 0.969. The first kappa shape index (κ1) is 17.1. The van der Waals surface area contributed by atoms with Gasteiger partial charge >= 0.3 is 5.97 Å². The molecule has 0 aromatic rings. The Hall–Kier alpha value is -1.87. The van der Waals surface area contributed by atoms with Gasteiger partial charge in [0.1, 0.15) is 0 Å². The van der Waals surface area contributed by atoms with Gasteiger partial charge in [-0.15, -0.1) is 0 Å². The number of carbonyl (C=O) groups is 1. The summed E-state index contributed by atoms with van der Waals surface area (Å²) in [5.41, 5.74) is 0.337. The van der Waals surface area contributed by atoms with Crippen LogP contribution in [0.5, 0.6) is 0 Å². The molecule has 0 saturated heterocycles. The second-order valence-corrected chi connectivity index (χ2v) is 3.74. The third-order valence-electron chi connectivity index (χ3n) is 1.91. The van der Waals surface area contributed by atoms with Gasteiger partial charge < -0.3 is 0 Å². The Labute approximate surface area is 115 Å². The summed E-state index contributed by atoms with van der Waals surface area (Å²) in [4.78, 5) is 19.0. The molecule has 0 aromatic carbocycles. The summed E-state index contributed by atoms with van der Waals surface area (Å²) >= 11 is 0. The summed E-state index contributed by atoms with van der Waals surface area (Å²) in [7, 11) is 0. The molecule has 104 valence electrons. The van der Waals surface area contributed by atoms with Crippen LogP contribution in [0.25, 0.3) is 0 Å². The summed E-state index contributed by atoms with van der Waals surface area (Å²) < 4.78 is 0. The lowest BCUT2D eigenvalue weighted by Crippen LogP contribution is -2.05.